The Kier molecular flexibility index (Phi) is 7.55. The Morgan fingerprint density at radius 1 is 1.23 bits per heavy atom. The monoisotopic (exact) mass is 509 g/mol. The highest BCUT2D eigenvalue weighted by atomic mass is 79.9. The topological polar surface area (TPSA) is 56.5 Å². The zero-order valence-electron chi connectivity index (χ0n) is 17.0. The molecule has 0 N–H and O–H groups in total. The van der Waals surface area contributed by atoms with Crippen LogP contribution in [0.4, 0.5) is 0 Å². The van der Waals surface area contributed by atoms with Gasteiger partial charge in [0, 0.05) is 10.9 Å². The van der Waals surface area contributed by atoms with Gasteiger partial charge in [0.1, 0.15) is 5.82 Å². The molecule has 8 heteroatoms. The van der Waals surface area contributed by atoms with E-state index in [0.29, 0.717) is 44.5 Å². The number of fused-ring (bicyclic) bond motifs is 1. The molecule has 0 aliphatic heterocycles. The minimum atomic E-state index is -0.227. The minimum absolute atomic E-state index is 0.00213. The molecule has 158 valence electrons. The molecule has 1 heterocycles. The maximum Gasteiger partial charge on any atom is 0.282 e. The van der Waals surface area contributed by atoms with E-state index in [1.165, 1.54) is 4.68 Å². The van der Waals surface area contributed by atoms with Crippen molar-refractivity contribution < 1.29 is 4.74 Å². The summed E-state index contributed by atoms with van der Waals surface area (Å²) in [4.78, 5) is 17.7. The minimum Gasteiger partial charge on any atom is -0.488 e. The molecule has 0 aliphatic carbocycles. The number of benzene rings is 2. The average molecular weight is 511 g/mol. The fourth-order valence-corrected chi connectivity index (χ4v) is 3.83. The predicted octanol–water partition coefficient (Wildman–Crippen LogP) is 6.48. The molecular weight excluding hydrogens is 489 g/mol. The number of aromatic nitrogens is 2. The molecule has 0 spiro atoms. The first-order chi connectivity index (χ1) is 14.3. The van der Waals surface area contributed by atoms with E-state index in [1.54, 1.807) is 24.4 Å². The SMILES string of the molecule is CCCc1nc2ccc(Br)cc2c(=O)n1N=Cc1cc(Cl)c(O[C@H](C)CC)c(Cl)c1. The van der Waals surface area contributed by atoms with Crippen molar-refractivity contribution in [3.8, 4) is 5.75 Å². The lowest BCUT2D eigenvalue weighted by atomic mass is 10.2. The van der Waals surface area contributed by atoms with Crippen LogP contribution in [0, 0.1) is 0 Å². The van der Waals surface area contributed by atoms with E-state index in [4.69, 9.17) is 27.9 Å². The molecule has 0 aliphatic rings. The van der Waals surface area contributed by atoms with Crippen molar-refractivity contribution in [1.82, 2.24) is 9.66 Å². The molecule has 5 nitrogen and oxygen atoms in total. The zero-order valence-corrected chi connectivity index (χ0v) is 20.1. The Labute approximate surface area is 193 Å². The van der Waals surface area contributed by atoms with Gasteiger partial charge in [0.15, 0.2) is 5.75 Å². The molecular formula is C22H22BrCl2N3O2. The van der Waals surface area contributed by atoms with Crippen LogP contribution in [-0.2, 0) is 6.42 Å². The second kappa shape index (κ2) is 9.94. The number of rotatable bonds is 7. The van der Waals surface area contributed by atoms with Crippen molar-refractivity contribution in [3.05, 3.63) is 66.6 Å². The third-order valence-corrected chi connectivity index (χ3v) is 5.64. The highest BCUT2D eigenvalue weighted by molar-refractivity contribution is 9.10. The van der Waals surface area contributed by atoms with Crippen LogP contribution in [0.25, 0.3) is 10.9 Å². The summed E-state index contributed by atoms with van der Waals surface area (Å²) in [5.41, 5.74) is 1.08. The Balaban J connectivity index is 2.04. The Morgan fingerprint density at radius 3 is 2.57 bits per heavy atom. The molecule has 0 fully saturated rings. The summed E-state index contributed by atoms with van der Waals surface area (Å²) < 4.78 is 7.94. The second-order valence-corrected chi connectivity index (χ2v) is 8.68. The summed E-state index contributed by atoms with van der Waals surface area (Å²) in [6.07, 6.45) is 3.85. The standard InChI is InChI=1S/C22H22BrCl2N3O2/c1-4-6-20-27-19-8-7-15(23)11-16(19)22(29)28(20)26-12-14-9-17(24)21(18(25)10-14)30-13(3)5-2/h7-13H,4-6H2,1-3H3/t13-/m1/s1. The first kappa shape index (κ1) is 22.8. The molecule has 0 saturated heterocycles. The number of hydrogen-bond donors (Lipinski definition) is 0. The van der Waals surface area contributed by atoms with Gasteiger partial charge in [-0.25, -0.2) is 4.98 Å². The molecule has 0 unspecified atom stereocenters. The Morgan fingerprint density at radius 2 is 1.93 bits per heavy atom. The average Bonchev–Trinajstić information content (AvgIpc) is 2.71. The van der Waals surface area contributed by atoms with Crippen LogP contribution in [0.1, 0.15) is 45.0 Å². The number of hydrogen-bond acceptors (Lipinski definition) is 4. The Bertz CT molecular complexity index is 1140. The van der Waals surface area contributed by atoms with Crippen molar-refractivity contribution in [2.24, 2.45) is 5.10 Å². The van der Waals surface area contributed by atoms with Crippen LogP contribution in [0.3, 0.4) is 0 Å². The number of ether oxygens (including phenoxy) is 1. The van der Waals surface area contributed by atoms with Gasteiger partial charge in [-0.1, -0.05) is 53.0 Å². The van der Waals surface area contributed by atoms with Gasteiger partial charge in [0.25, 0.3) is 5.56 Å². The quantitative estimate of drug-likeness (QED) is 0.342. The molecule has 2 aromatic carbocycles. The number of nitrogens with zero attached hydrogens (tertiary/aromatic N) is 3. The van der Waals surface area contributed by atoms with E-state index in [0.717, 1.165) is 17.3 Å². The number of aryl methyl sites for hydroxylation is 1. The molecule has 0 amide bonds. The van der Waals surface area contributed by atoms with Gasteiger partial charge >= 0.3 is 0 Å². The van der Waals surface area contributed by atoms with E-state index >= 15 is 0 Å². The van der Waals surface area contributed by atoms with E-state index < -0.39 is 0 Å². The van der Waals surface area contributed by atoms with E-state index in [2.05, 4.69) is 26.0 Å². The maximum atomic E-state index is 13.1. The molecule has 3 rings (SSSR count). The summed E-state index contributed by atoms with van der Waals surface area (Å²) >= 11 is 16.1. The molecule has 0 saturated carbocycles. The van der Waals surface area contributed by atoms with Gasteiger partial charge in [-0.2, -0.15) is 9.78 Å². The third kappa shape index (κ3) is 5.05. The van der Waals surface area contributed by atoms with Crippen LogP contribution >= 0.6 is 39.1 Å². The van der Waals surface area contributed by atoms with Gasteiger partial charge in [-0.05, 0) is 55.7 Å². The van der Waals surface area contributed by atoms with Crippen LogP contribution in [0.15, 0.2) is 44.7 Å². The molecule has 0 bridgehead atoms. The lowest BCUT2D eigenvalue weighted by Crippen LogP contribution is -2.22. The molecule has 1 atom stereocenters. The van der Waals surface area contributed by atoms with Crippen LogP contribution in [-0.4, -0.2) is 22.0 Å². The fourth-order valence-electron chi connectivity index (χ4n) is 2.87. The van der Waals surface area contributed by atoms with Crippen molar-refractivity contribution >= 4 is 56.2 Å². The van der Waals surface area contributed by atoms with Crippen LogP contribution in [0.2, 0.25) is 10.0 Å². The van der Waals surface area contributed by atoms with E-state index in [9.17, 15) is 4.79 Å². The van der Waals surface area contributed by atoms with Crippen molar-refractivity contribution in [2.75, 3.05) is 0 Å². The lowest BCUT2D eigenvalue weighted by Gasteiger charge is -2.15. The first-order valence-electron chi connectivity index (χ1n) is 9.75. The van der Waals surface area contributed by atoms with Crippen molar-refractivity contribution in [3.63, 3.8) is 0 Å². The molecule has 3 aromatic rings. The van der Waals surface area contributed by atoms with Gasteiger partial charge in [-0.3, -0.25) is 4.79 Å². The first-order valence-corrected chi connectivity index (χ1v) is 11.3. The highest BCUT2D eigenvalue weighted by Crippen LogP contribution is 2.34. The van der Waals surface area contributed by atoms with Gasteiger partial charge < -0.3 is 4.74 Å². The van der Waals surface area contributed by atoms with Crippen LogP contribution in [0.5, 0.6) is 5.75 Å². The summed E-state index contributed by atoms with van der Waals surface area (Å²) in [6, 6.07) is 8.87. The van der Waals surface area contributed by atoms with Gasteiger partial charge in [0.05, 0.1) is 33.3 Å². The molecule has 30 heavy (non-hydrogen) atoms. The highest BCUT2D eigenvalue weighted by Gasteiger charge is 2.13. The zero-order chi connectivity index (χ0) is 21.8. The van der Waals surface area contributed by atoms with Crippen molar-refractivity contribution in [1.29, 1.82) is 0 Å². The van der Waals surface area contributed by atoms with Gasteiger partial charge in [0.2, 0.25) is 0 Å². The second-order valence-electron chi connectivity index (χ2n) is 6.95. The summed E-state index contributed by atoms with van der Waals surface area (Å²) in [7, 11) is 0. The number of halogens is 3. The molecule has 0 radical (unpaired) electrons. The summed E-state index contributed by atoms with van der Waals surface area (Å²) in [6.45, 7) is 6.01. The van der Waals surface area contributed by atoms with E-state index in [-0.39, 0.29) is 11.7 Å². The maximum absolute atomic E-state index is 13.1. The fraction of sp³-hybridized carbons (Fsp3) is 0.318. The van der Waals surface area contributed by atoms with Crippen molar-refractivity contribution in [2.45, 2.75) is 46.1 Å². The van der Waals surface area contributed by atoms with E-state index in [1.807, 2.05) is 32.9 Å². The Hall–Kier alpha value is -1.89. The predicted molar refractivity (Wildman–Crippen MR) is 128 cm³/mol. The normalized spacial score (nSPS) is 12.6. The van der Waals surface area contributed by atoms with Crippen LogP contribution < -0.4 is 10.3 Å². The largest absolute Gasteiger partial charge is 0.488 e. The lowest BCUT2D eigenvalue weighted by molar-refractivity contribution is 0.218. The molecule has 1 aromatic heterocycles. The van der Waals surface area contributed by atoms with Gasteiger partial charge in [-0.15, -0.1) is 0 Å². The summed E-state index contributed by atoms with van der Waals surface area (Å²) in [5, 5.41) is 5.69. The summed E-state index contributed by atoms with van der Waals surface area (Å²) in [5.74, 6) is 1.05. The smallest absolute Gasteiger partial charge is 0.282 e. The third-order valence-electron chi connectivity index (χ3n) is 4.59.